The van der Waals surface area contributed by atoms with E-state index < -0.39 is 41.3 Å². The summed E-state index contributed by atoms with van der Waals surface area (Å²) in [5, 5.41) is 16.6. The van der Waals surface area contributed by atoms with E-state index in [1.165, 1.54) is 36.7 Å². The molecular formula is C42H46ClN7O8S2. The number of carbonyl (C=O) groups excluding carboxylic acids is 1. The minimum Gasteiger partial charge on any atom is -0.455 e. The lowest BCUT2D eigenvalue weighted by Crippen LogP contribution is -2.41. The zero-order chi connectivity index (χ0) is 42.0. The van der Waals surface area contributed by atoms with Gasteiger partial charge in [-0.05, 0) is 105 Å². The van der Waals surface area contributed by atoms with Crippen LogP contribution in [0.2, 0.25) is 5.02 Å². The maximum atomic E-state index is 13.9. The third-order valence-corrected chi connectivity index (χ3v) is 15.1. The Morgan fingerprint density at radius 3 is 2.47 bits per heavy atom. The molecule has 0 aliphatic carbocycles. The number of nitro groups is 1. The Bertz CT molecular complexity index is 2600. The Balaban J connectivity index is 0.991. The predicted molar refractivity (Wildman–Crippen MR) is 230 cm³/mol. The Morgan fingerprint density at radius 1 is 0.950 bits per heavy atom. The van der Waals surface area contributed by atoms with Gasteiger partial charge < -0.3 is 19.9 Å². The number of piperidine rings is 2. The normalized spacial score (nSPS) is 19.2. The number of H-pyrrole nitrogens is 1. The number of carbonyl (C=O) groups is 1. The molecule has 0 radical (unpaired) electrons. The maximum absolute atomic E-state index is 13.9. The number of aromatic nitrogens is 2. The Labute approximate surface area is 353 Å². The van der Waals surface area contributed by atoms with Gasteiger partial charge in [0.25, 0.3) is 21.6 Å². The number of amides is 1. The van der Waals surface area contributed by atoms with Crippen molar-refractivity contribution in [3.8, 4) is 11.5 Å². The number of halogens is 1. The monoisotopic (exact) mass is 875 g/mol. The van der Waals surface area contributed by atoms with Crippen LogP contribution in [0.1, 0.15) is 66.9 Å². The van der Waals surface area contributed by atoms with Crippen LogP contribution < -0.4 is 19.7 Å². The summed E-state index contributed by atoms with van der Waals surface area (Å²) in [6.45, 7) is 3.63. The molecule has 3 N–H and O–H groups in total. The number of ether oxygens (including phenoxy) is 1. The van der Waals surface area contributed by atoms with Gasteiger partial charge in [0.15, 0.2) is 0 Å². The van der Waals surface area contributed by atoms with Crippen molar-refractivity contribution in [2.45, 2.75) is 61.9 Å². The fraction of sp³-hybridized carbons (Fsp3) is 0.381. The maximum Gasteiger partial charge on any atom is 0.293 e. The van der Waals surface area contributed by atoms with E-state index >= 15 is 0 Å². The minimum atomic E-state index is -4.62. The van der Waals surface area contributed by atoms with E-state index in [4.69, 9.17) is 16.3 Å². The molecule has 3 aliphatic rings. The molecule has 1 atom stereocenters. The third-order valence-electron chi connectivity index (χ3n) is 11.8. The number of anilines is 2. The van der Waals surface area contributed by atoms with E-state index in [2.05, 4.69) is 41.9 Å². The molecule has 0 spiro atoms. The highest BCUT2D eigenvalue weighted by atomic mass is 35.5. The molecule has 3 aromatic carbocycles. The van der Waals surface area contributed by atoms with Crippen molar-refractivity contribution in [1.29, 1.82) is 0 Å². The van der Waals surface area contributed by atoms with Gasteiger partial charge in [-0.25, -0.2) is 26.5 Å². The average Bonchev–Trinajstić information content (AvgIpc) is 3.70. The van der Waals surface area contributed by atoms with Gasteiger partial charge in [-0.3, -0.25) is 19.8 Å². The first-order valence-electron chi connectivity index (χ1n) is 20.1. The number of fused-ring (bicyclic) bond motifs is 1. The number of benzene rings is 3. The summed E-state index contributed by atoms with van der Waals surface area (Å²) in [4.78, 5) is 37.0. The Morgan fingerprint density at radius 2 is 1.72 bits per heavy atom. The average molecular weight is 876 g/mol. The molecule has 15 nitrogen and oxygen atoms in total. The molecule has 5 heterocycles. The second kappa shape index (κ2) is 17.4. The van der Waals surface area contributed by atoms with Crippen molar-refractivity contribution in [3.05, 3.63) is 111 Å². The van der Waals surface area contributed by atoms with Gasteiger partial charge in [0.2, 0.25) is 0 Å². The number of nitrogens with one attached hydrogen (secondary N) is 3. The third kappa shape index (κ3) is 9.54. The van der Waals surface area contributed by atoms with Gasteiger partial charge in [0.1, 0.15) is 32.7 Å². The number of hydrogen-bond donors (Lipinski definition) is 3. The first-order valence-corrected chi connectivity index (χ1v) is 23.8. The number of nitro benzene ring substituents is 1. The number of likely N-dealkylation sites (tertiary alicyclic amines) is 1. The molecule has 316 valence electrons. The van der Waals surface area contributed by atoms with Crippen LogP contribution in [0.3, 0.4) is 0 Å². The number of sulfonamides is 1. The SMILES string of the molecule is O=C(NS(=O)(=O)c1ccc(NC2CCS(=O)(=O)CC2)c([N+](=O)[O-])c1)c1ccc(N2CCC(CN3CCCCC3c3ccc(Cl)cc3)CC2)cc1Oc1cnc2[nH]ccc2c1. The van der Waals surface area contributed by atoms with Crippen molar-refractivity contribution in [2.75, 3.05) is 47.9 Å². The van der Waals surface area contributed by atoms with Crippen molar-refractivity contribution >= 4 is 65.5 Å². The molecule has 3 saturated heterocycles. The zero-order valence-electron chi connectivity index (χ0n) is 32.8. The van der Waals surface area contributed by atoms with Crippen molar-refractivity contribution in [2.24, 2.45) is 5.92 Å². The highest BCUT2D eigenvalue weighted by Crippen LogP contribution is 2.37. The number of rotatable bonds is 12. The second-order valence-electron chi connectivity index (χ2n) is 15.8. The van der Waals surface area contributed by atoms with E-state index in [0.717, 1.165) is 73.7 Å². The second-order valence-corrected chi connectivity index (χ2v) is 20.2. The van der Waals surface area contributed by atoms with Gasteiger partial charge in [-0.2, -0.15) is 0 Å². The smallest absolute Gasteiger partial charge is 0.293 e. The van der Waals surface area contributed by atoms with Crippen LogP contribution in [0.5, 0.6) is 11.5 Å². The standard InChI is InChI=1S/C42H46ClN7O8S2/c43-31-6-4-29(5-7-31)38-3-1-2-18-49(38)27-28-13-19-48(20-14-28)33-8-10-36(40(24-33)58-34-23-30-12-17-44-41(30)45-26-34)42(51)47-60(56,57)35-9-11-37(39(25-35)50(52)53)46-32-15-21-59(54,55)22-16-32/h4-12,17,23-26,28,32,38,46H,1-3,13-16,18-22,27H2,(H,44,45)(H,47,51). The lowest BCUT2D eigenvalue weighted by molar-refractivity contribution is -0.384. The van der Waals surface area contributed by atoms with Crippen LogP contribution >= 0.6 is 11.6 Å². The summed E-state index contributed by atoms with van der Waals surface area (Å²) in [7, 11) is -7.78. The molecule has 3 fully saturated rings. The van der Waals surface area contributed by atoms with Crippen molar-refractivity contribution in [3.63, 3.8) is 0 Å². The summed E-state index contributed by atoms with van der Waals surface area (Å²) < 4.78 is 59.4. The summed E-state index contributed by atoms with van der Waals surface area (Å²) in [6.07, 6.45) is 9.22. The van der Waals surface area contributed by atoms with Crippen molar-refractivity contribution < 1.29 is 31.3 Å². The molecule has 2 aromatic heterocycles. The van der Waals surface area contributed by atoms with Crippen LogP contribution in [-0.2, 0) is 19.9 Å². The molecule has 60 heavy (non-hydrogen) atoms. The quantitative estimate of drug-likeness (QED) is 0.0828. The van der Waals surface area contributed by atoms with E-state index in [1.54, 1.807) is 24.4 Å². The van der Waals surface area contributed by atoms with Gasteiger partial charge in [0, 0.05) is 66.1 Å². The van der Waals surface area contributed by atoms with Crippen LogP contribution in [0.15, 0.2) is 90.1 Å². The van der Waals surface area contributed by atoms with E-state index in [9.17, 15) is 31.7 Å². The first-order chi connectivity index (χ1) is 28.8. The number of pyridine rings is 1. The van der Waals surface area contributed by atoms with E-state index in [0.29, 0.717) is 23.4 Å². The summed E-state index contributed by atoms with van der Waals surface area (Å²) >= 11 is 6.19. The van der Waals surface area contributed by atoms with Crippen LogP contribution in [0.25, 0.3) is 11.0 Å². The molecule has 8 rings (SSSR count). The van der Waals surface area contributed by atoms with Crippen LogP contribution in [-0.4, -0.2) is 86.3 Å². The van der Waals surface area contributed by atoms with Gasteiger partial charge in [-0.1, -0.05) is 30.2 Å². The van der Waals surface area contributed by atoms with Gasteiger partial charge in [-0.15, -0.1) is 0 Å². The van der Waals surface area contributed by atoms with E-state index in [-0.39, 0.29) is 47.4 Å². The van der Waals surface area contributed by atoms with E-state index in [1.807, 2.05) is 18.2 Å². The fourth-order valence-corrected chi connectivity index (χ4v) is 11.1. The largest absolute Gasteiger partial charge is 0.455 e. The highest BCUT2D eigenvalue weighted by molar-refractivity contribution is 7.91. The lowest BCUT2D eigenvalue weighted by Gasteiger charge is -2.41. The molecule has 3 aliphatic heterocycles. The predicted octanol–water partition coefficient (Wildman–Crippen LogP) is 7.47. The Kier molecular flexibility index (Phi) is 12.0. The Hall–Kier alpha value is -5.23. The molecule has 0 bridgehead atoms. The van der Waals surface area contributed by atoms with Crippen LogP contribution in [0, 0.1) is 16.0 Å². The van der Waals surface area contributed by atoms with Crippen molar-refractivity contribution in [1.82, 2.24) is 19.6 Å². The number of aromatic amines is 1. The first kappa shape index (κ1) is 41.5. The molecule has 18 heteroatoms. The summed E-state index contributed by atoms with van der Waals surface area (Å²) in [5.41, 5.74) is 2.21. The molecule has 5 aromatic rings. The molecule has 1 amide bonds. The fourth-order valence-electron chi connectivity index (χ4n) is 8.50. The molecule has 1 unspecified atom stereocenters. The number of nitrogens with zero attached hydrogens (tertiary/aromatic N) is 4. The topological polar surface area (TPSA) is 197 Å². The van der Waals surface area contributed by atoms with Gasteiger partial charge in [0.05, 0.1) is 33.1 Å². The number of hydrogen-bond acceptors (Lipinski definition) is 12. The molecule has 0 saturated carbocycles. The van der Waals surface area contributed by atoms with Gasteiger partial charge >= 0.3 is 0 Å². The molecular weight excluding hydrogens is 830 g/mol. The summed E-state index contributed by atoms with van der Waals surface area (Å²) in [6, 6.07) is 20.1. The zero-order valence-corrected chi connectivity index (χ0v) is 35.1. The number of sulfone groups is 1. The summed E-state index contributed by atoms with van der Waals surface area (Å²) in [5.74, 6) is -0.142. The van der Waals surface area contributed by atoms with Crippen LogP contribution in [0.4, 0.5) is 17.1 Å². The lowest BCUT2D eigenvalue weighted by atomic mass is 9.91. The minimum absolute atomic E-state index is 0.0477. The highest BCUT2D eigenvalue weighted by Gasteiger charge is 2.31.